The molecule has 0 radical (unpaired) electrons. The maximum absolute atomic E-state index is 12.9. The Morgan fingerprint density at radius 1 is 1.15 bits per heavy atom. The second kappa shape index (κ2) is 17.0. The first-order valence-electron chi connectivity index (χ1n) is 10.8. The number of aromatic amines is 1. The van der Waals surface area contributed by atoms with E-state index in [4.69, 9.17) is 4.43 Å². The number of Topliss-reactive ketones (excluding diaryl/α,β-unsaturated/α-hetero) is 1. The molecule has 0 bridgehead atoms. The zero-order valence-corrected chi connectivity index (χ0v) is 25.6. The van der Waals surface area contributed by atoms with Crippen molar-refractivity contribution in [1.82, 2.24) is 15.0 Å². The van der Waals surface area contributed by atoms with Crippen molar-refractivity contribution >= 4 is 48.2 Å². The SMILES string of the molecule is CC(C)(C)[Si](C)(C)OCC1CCC(C(=O)c2ncnc3[nH]ccc23)CC1.C[CH-]C.[Cl-].[Cl-].[Li+].[Mg+2]. The summed E-state index contributed by atoms with van der Waals surface area (Å²) >= 11 is 0. The molecule has 1 N–H and O–H groups in total. The number of hydrogen-bond acceptors (Lipinski definition) is 4. The molecule has 1 aliphatic carbocycles. The van der Waals surface area contributed by atoms with E-state index in [1.54, 1.807) is 0 Å². The van der Waals surface area contributed by atoms with Gasteiger partial charge in [0.2, 0.25) is 0 Å². The number of hydrogen-bond donors (Lipinski definition) is 1. The Bertz CT molecular complexity index is 810. The van der Waals surface area contributed by atoms with E-state index < -0.39 is 8.32 Å². The van der Waals surface area contributed by atoms with Crippen LogP contribution in [0.5, 0.6) is 0 Å². The van der Waals surface area contributed by atoms with Crippen molar-refractivity contribution in [3.8, 4) is 0 Å². The fourth-order valence-corrected chi connectivity index (χ4v) is 4.48. The first-order chi connectivity index (χ1) is 13.6. The minimum Gasteiger partial charge on any atom is -1.00 e. The zero-order chi connectivity index (χ0) is 21.7. The van der Waals surface area contributed by atoms with Crippen molar-refractivity contribution < 1.29 is 52.9 Å². The van der Waals surface area contributed by atoms with Crippen LogP contribution in [0.2, 0.25) is 18.1 Å². The van der Waals surface area contributed by atoms with Gasteiger partial charge in [0.25, 0.3) is 0 Å². The summed E-state index contributed by atoms with van der Waals surface area (Å²) in [5.74, 6) is 0.818. The molecular weight excluding hydrogens is 481 g/mol. The smallest absolute Gasteiger partial charge is 1.00 e. The molecule has 0 unspecified atom stereocenters. The molecule has 0 aliphatic heterocycles. The van der Waals surface area contributed by atoms with Gasteiger partial charge in [0.1, 0.15) is 17.7 Å². The monoisotopic (exact) mass is 517 g/mol. The Morgan fingerprint density at radius 3 is 2.21 bits per heavy atom. The van der Waals surface area contributed by atoms with E-state index in [-0.39, 0.29) is 83.5 Å². The number of nitrogens with one attached hydrogen (secondary N) is 1. The Balaban J connectivity index is -0.00000122. The second-order valence-corrected chi connectivity index (χ2v) is 14.5. The van der Waals surface area contributed by atoms with Crippen molar-refractivity contribution in [1.29, 1.82) is 0 Å². The molecule has 2 aromatic rings. The van der Waals surface area contributed by atoms with E-state index >= 15 is 0 Å². The quantitative estimate of drug-likeness (QED) is 0.258. The third-order valence-corrected chi connectivity index (χ3v) is 10.8. The van der Waals surface area contributed by atoms with Crippen LogP contribution in [0.4, 0.5) is 0 Å². The Labute approximate surface area is 242 Å². The molecule has 0 amide bonds. The van der Waals surface area contributed by atoms with Gasteiger partial charge < -0.3 is 40.6 Å². The normalized spacial score (nSPS) is 17.8. The van der Waals surface area contributed by atoms with Gasteiger partial charge >= 0.3 is 41.9 Å². The van der Waals surface area contributed by atoms with Gasteiger partial charge in [-0.3, -0.25) is 4.79 Å². The predicted molar refractivity (Wildman–Crippen MR) is 128 cm³/mol. The summed E-state index contributed by atoms with van der Waals surface area (Å²) < 4.78 is 6.39. The van der Waals surface area contributed by atoms with Crippen LogP contribution in [0.3, 0.4) is 0 Å². The van der Waals surface area contributed by atoms with Gasteiger partial charge in [0, 0.05) is 24.1 Å². The third kappa shape index (κ3) is 10.5. The largest absolute Gasteiger partial charge is 2.00 e. The summed E-state index contributed by atoms with van der Waals surface area (Å²) in [7, 11) is -1.69. The van der Waals surface area contributed by atoms with Gasteiger partial charge in [-0.1, -0.05) is 20.8 Å². The number of aromatic nitrogens is 3. The number of rotatable bonds is 5. The Kier molecular flexibility index (Phi) is 19.5. The number of halogens is 2. The standard InChI is InChI=1S/C20H31N3O2Si.C3H7.2ClH.Li.Mg/c1-20(2,3)26(4,5)25-12-14-6-8-15(9-7-14)18(24)17-16-10-11-21-19(16)23-13-22-17;1-3-2;;;;/h10-11,13-15H,6-9,12H2,1-5H3,(H,21,22,23);3H,1-2H3;2*1H;;/q;-1;;;+1;+2/p-2. The van der Waals surface area contributed by atoms with Gasteiger partial charge in [-0.05, 0) is 55.8 Å². The second-order valence-electron chi connectivity index (χ2n) is 9.69. The molecule has 0 aromatic carbocycles. The molecule has 10 heteroatoms. The van der Waals surface area contributed by atoms with Crippen molar-refractivity contribution in [3.63, 3.8) is 0 Å². The Hall–Kier alpha value is 0.411. The van der Waals surface area contributed by atoms with Gasteiger partial charge in [0.05, 0.1) is 0 Å². The average Bonchev–Trinajstić information content (AvgIpc) is 3.15. The molecule has 2 heterocycles. The molecule has 178 valence electrons. The van der Waals surface area contributed by atoms with Gasteiger partial charge in [-0.15, -0.1) is 0 Å². The first kappa shape index (κ1) is 37.9. The maximum Gasteiger partial charge on any atom is 2.00 e. The molecule has 3 rings (SSSR count). The summed E-state index contributed by atoms with van der Waals surface area (Å²) in [6.45, 7) is 16.3. The molecule has 1 fully saturated rings. The van der Waals surface area contributed by atoms with Crippen molar-refractivity contribution in [2.45, 2.75) is 78.4 Å². The molecule has 0 atom stereocenters. The van der Waals surface area contributed by atoms with Crippen LogP contribution in [0.15, 0.2) is 18.6 Å². The van der Waals surface area contributed by atoms with E-state index in [0.717, 1.165) is 43.3 Å². The number of ketones is 1. The summed E-state index contributed by atoms with van der Waals surface area (Å²) in [6, 6.07) is 1.89. The number of H-pyrrole nitrogens is 1. The minimum absolute atomic E-state index is 0. The van der Waals surface area contributed by atoms with Crippen LogP contribution in [0.1, 0.15) is 70.8 Å². The van der Waals surface area contributed by atoms with E-state index in [9.17, 15) is 4.79 Å². The van der Waals surface area contributed by atoms with Crippen LogP contribution in [0.25, 0.3) is 11.0 Å². The van der Waals surface area contributed by atoms with Crippen molar-refractivity contribution in [3.05, 3.63) is 30.7 Å². The number of carbonyl (C=O) groups is 1. The summed E-state index contributed by atoms with van der Waals surface area (Å²) in [4.78, 5) is 24.4. The van der Waals surface area contributed by atoms with E-state index in [2.05, 4.69) is 48.8 Å². The Morgan fingerprint density at radius 2 is 1.70 bits per heavy atom. The molecular formula is C23H38Cl2LiMgN3O2Si. The van der Waals surface area contributed by atoms with Gasteiger partial charge in [0.15, 0.2) is 14.1 Å². The van der Waals surface area contributed by atoms with Crippen molar-refractivity contribution in [2.24, 2.45) is 11.8 Å². The van der Waals surface area contributed by atoms with Crippen LogP contribution in [0, 0.1) is 18.3 Å². The number of nitrogens with zero attached hydrogens (tertiary/aromatic N) is 2. The van der Waals surface area contributed by atoms with E-state index in [1.807, 2.05) is 32.5 Å². The number of fused-ring (bicyclic) bond motifs is 1. The topological polar surface area (TPSA) is 67.9 Å². The zero-order valence-electron chi connectivity index (χ0n) is 21.7. The van der Waals surface area contributed by atoms with Crippen LogP contribution < -0.4 is 43.7 Å². The van der Waals surface area contributed by atoms with Gasteiger partial charge in [-0.25, -0.2) is 9.97 Å². The third-order valence-electron chi connectivity index (χ3n) is 6.29. The van der Waals surface area contributed by atoms with Crippen molar-refractivity contribution in [2.75, 3.05) is 6.61 Å². The first-order valence-corrected chi connectivity index (χ1v) is 13.7. The average molecular weight is 519 g/mol. The molecule has 33 heavy (non-hydrogen) atoms. The van der Waals surface area contributed by atoms with Crippen LogP contribution in [-0.2, 0) is 4.43 Å². The van der Waals surface area contributed by atoms with Crippen LogP contribution >= 0.6 is 0 Å². The van der Waals surface area contributed by atoms with E-state index in [0.29, 0.717) is 11.6 Å². The molecule has 1 aliphatic rings. The minimum atomic E-state index is -1.69. The maximum atomic E-state index is 12.9. The molecule has 0 saturated heterocycles. The fourth-order valence-electron chi connectivity index (χ4n) is 3.40. The summed E-state index contributed by atoms with van der Waals surface area (Å²) in [5.41, 5.74) is 1.30. The van der Waals surface area contributed by atoms with Gasteiger partial charge in [-0.2, -0.15) is 13.8 Å². The fraction of sp³-hybridized carbons (Fsp3) is 0.652. The summed E-state index contributed by atoms with van der Waals surface area (Å²) in [5, 5.41) is 1.08. The predicted octanol–water partition coefficient (Wildman–Crippen LogP) is -3.17. The molecule has 1 saturated carbocycles. The van der Waals surface area contributed by atoms with Crippen LogP contribution in [-0.4, -0.2) is 58.7 Å². The molecule has 0 spiro atoms. The molecule has 2 aromatic heterocycles. The number of carbonyl (C=O) groups excluding carboxylic acids is 1. The van der Waals surface area contributed by atoms with E-state index in [1.165, 1.54) is 6.33 Å². The molecule has 5 nitrogen and oxygen atoms in total. The summed E-state index contributed by atoms with van der Waals surface area (Å²) in [6.07, 6.45) is 9.27.